The average molecular weight is 618 g/mol. The van der Waals surface area contributed by atoms with Crippen molar-refractivity contribution in [3.05, 3.63) is 74.9 Å². The van der Waals surface area contributed by atoms with Crippen LogP contribution in [0.4, 0.5) is 0 Å². The van der Waals surface area contributed by atoms with Crippen LogP contribution in [0.5, 0.6) is 0 Å². The van der Waals surface area contributed by atoms with Crippen molar-refractivity contribution < 1.29 is 9.84 Å². The van der Waals surface area contributed by atoms with E-state index < -0.39 is 11.2 Å². The van der Waals surface area contributed by atoms with Crippen LogP contribution in [-0.2, 0) is 10.2 Å². The minimum atomic E-state index is -1.25. The van der Waals surface area contributed by atoms with E-state index in [-0.39, 0.29) is 17.4 Å². The molecule has 0 amide bonds. The second kappa shape index (κ2) is 9.56. The van der Waals surface area contributed by atoms with Crippen molar-refractivity contribution >= 4 is 22.1 Å². The molecule has 7 unspecified atom stereocenters. The molecule has 0 radical (unpaired) electrons. The second-order valence-corrected chi connectivity index (χ2v) is 18.0. The molecule has 1 N–H and O–H groups in total. The third kappa shape index (κ3) is 3.77. The fourth-order valence-corrected chi connectivity index (χ4v) is 11.1. The number of allylic oxidation sites excluding steroid dienone is 3. The van der Waals surface area contributed by atoms with Gasteiger partial charge in [-0.15, -0.1) is 0 Å². The molecule has 0 aromatic heterocycles. The highest BCUT2D eigenvalue weighted by Gasteiger charge is 2.80. The van der Waals surface area contributed by atoms with Gasteiger partial charge in [-0.3, -0.25) is 4.99 Å². The fraction of sp³-hybridized carbons (Fsp3) is 0.605. The number of ether oxygens (including phenoxy) is 1. The first-order valence-corrected chi connectivity index (χ1v) is 18.1. The molecule has 8 rings (SSSR count). The lowest BCUT2D eigenvalue weighted by molar-refractivity contribution is -0.126. The summed E-state index contributed by atoms with van der Waals surface area (Å²) in [4.78, 5) is 5.54. The SMILES string of the molecule is COC1(O)C2c3c(cc(C(C)(C)C)c4cc(C)ccc34)C3=C(C(C)=NC4CC5=C6CCC(C(C)(C)C(C)C)CC6=CCC5C34)C21C. The molecule has 1 aliphatic heterocycles. The number of aliphatic hydroxyl groups is 1. The van der Waals surface area contributed by atoms with E-state index in [9.17, 15) is 5.11 Å². The zero-order chi connectivity index (χ0) is 32.9. The van der Waals surface area contributed by atoms with E-state index >= 15 is 0 Å². The number of benzene rings is 2. The molecule has 46 heavy (non-hydrogen) atoms. The van der Waals surface area contributed by atoms with Gasteiger partial charge in [-0.2, -0.15) is 0 Å². The molecule has 2 aromatic rings. The van der Waals surface area contributed by atoms with Gasteiger partial charge in [-0.25, -0.2) is 0 Å². The van der Waals surface area contributed by atoms with Gasteiger partial charge in [0.05, 0.1) is 17.4 Å². The molecular formula is C43H55NO2. The summed E-state index contributed by atoms with van der Waals surface area (Å²) in [5, 5.41) is 14.9. The molecule has 3 heteroatoms. The Bertz CT molecular complexity index is 1820. The zero-order valence-electron chi connectivity index (χ0n) is 30.2. The van der Waals surface area contributed by atoms with Crippen LogP contribution in [0.1, 0.15) is 123 Å². The van der Waals surface area contributed by atoms with E-state index in [0.717, 1.165) is 24.5 Å². The number of nitrogens with zero attached hydrogens (tertiary/aromatic N) is 1. The quantitative estimate of drug-likeness (QED) is 0.348. The summed E-state index contributed by atoms with van der Waals surface area (Å²) in [5.41, 5.74) is 14.0. The zero-order valence-corrected chi connectivity index (χ0v) is 30.2. The van der Waals surface area contributed by atoms with E-state index in [1.165, 1.54) is 63.4 Å². The van der Waals surface area contributed by atoms with Crippen molar-refractivity contribution in [1.82, 2.24) is 0 Å². The van der Waals surface area contributed by atoms with Crippen LogP contribution in [0.15, 0.2) is 57.6 Å². The Kier molecular flexibility index (Phi) is 6.41. The molecule has 2 aromatic carbocycles. The highest BCUT2D eigenvalue weighted by atomic mass is 16.6. The standard InChI is InChI=1S/C43H55NO2/c1-22(2)41(8,9)26-14-17-27-25(19-26)13-16-28-30(27)21-34-36(28)37-32-20-33(40(5,6)7)31-18-23(3)12-15-29(31)35(32)39-42(10,43(39,45)46-11)38(37)24(4)44-34/h12-13,15,18,20,22,26,28,34,36,39,45H,14,16-17,19,21H2,1-11H3. The lowest BCUT2D eigenvalue weighted by Gasteiger charge is -2.44. The van der Waals surface area contributed by atoms with E-state index in [1.807, 2.05) is 0 Å². The first-order chi connectivity index (χ1) is 21.6. The monoisotopic (exact) mass is 617 g/mol. The molecule has 6 aliphatic rings. The van der Waals surface area contributed by atoms with Gasteiger partial charge >= 0.3 is 0 Å². The number of aryl methyl sites for hydroxylation is 1. The van der Waals surface area contributed by atoms with Crippen molar-refractivity contribution in [2.45, 2.75) is 125 Å². The summed E-state index contributed by atoms with van der Waals surface area (Å²) in [7, 11) is 1.69. The molecule has 244 valence electrons. The lowest BCUT2D eigenvalue weighted by Crippen LogP contribution is -2.35. The third-order valence-corrected chi connectivity index (χ3v) is 14.4. The van der Waals surface area contributed by atoms with Gasteiger partial charge in [0.1, 0.15) is 0 Å². The molecular weight excluding hydrogens is 562 g/mol. The maximum absolute atomic E-state index is 12.3. The lowest BCUT2D eigenvalue weighted by atomic mass is 9.61. The van der Waals surface area contributed by atoms with E-state index in [4.69, 9.17) is 9.73 Å². The summed E-state index contributed by atoms with van der Waals surface area (Å²) < 4.78 is 6.11. The number of rotatable bonds is 3. The summed E-state index contributed by atoms with van der Waals surface area (Å²) in [5.74, 6) is 0.881. The maximum atomic E-state index is 12.3. The maximum Gasteiger partial charge on any atom is 0.183 e. The molecule has 1 heterocycles. The first kappa shape index (κ1) is 30.8. The second-order valence-electron chi connectivity index (χ2n) is 18.0. The van der Waals surface area contributed by atoms with Gasteiger partial charge in [0, 0.05) is 18.7 Å². The van der Waals surface area contributed by atoms with Gasteiger partial charge < -0.3 is 9.84 Å². The third-order valence-electron chi connectivity index (χ3n) is 14.4. The summed E-state index contributed by atoms with van der Waals surface area (Å²) in [6.07, 6.45) is 8.57. The Morgan fingerprint density at radius 1 is 1.02 bits per heavy atom. The molecule has 3 saturated carbocycles. The largest absolute Gasteiger partial charge is 0.364 e. The van der Waals surface area contributed by atoms with Crippen molar-refractivity contribution in [2.75, 3.05) is 7.11 Å². The Morgan fingerprint density at radius 3 is 2.43 bits per heavy atom. The Hall–Kier alpha value is -2.49. The van der Waals surface area contributed by atoms with Gasteiger partial charge in [0.25, 0.3) is 0 Å². The molecule has 0 spiro atoms. The minimum absolute atomic E-state index is 0.0193. The molecule has 3 fully saturated rings. The van der Waals surface area contributed by atoms with E-state index in [1.54, 1.807) is 23.8 Å². The number of dihydropyridines is 1. The van der Waals surface area contributed by atoms with Crippen molar-refractivity contribution in [1.29, 1.82) is 0 Å². The highest BCUT2D eigenvalue weighted by molar-refractivity contribution is 6.12. The molecule has 3 nitrogen and oxygen atoms in total. The molecule has 0 saturated heterocycles. The van der Waals surface area contributed by atoms with Gasteiger partial charge in [-0.1, -0.05) is 83.9 Å². The van der Waals surface area contributed by atoms with Crippen LogP contribution >= 0.6 is 0 Å². The van der Waals surface area contributed by atoms with Crippen molar-refractivity contribution in [2.24, 2.45) is 39.5 Å². The van der Waals surface area contributed by atoms with Crippen molar-refractivity contribution in [3.8, 4) is 0 Å². The van der Waals surface area contributed by atoms with Crippen molar-refractivity contribution in [3.63, 3.8) is 0 Å². The van der Waals surface area contributed by atoms with Crippen LogP contribution in [-0.4, -0.2) is 29.8 Å². The Morgan fingerprint density at radius 2 is 1.76 bits per heavy atom. The highest BCUT2D eigenvalue weighted by Crippen LogP contribution is 2.78. The predicted molar refractivity (Wildman–Crippen MR) is 191 cm³/mol. The van der Waals surface area contributed by atoms with Crippen LogP contribution < -0.4 is 0 Å². The number of methoxy groups -OCH3 is 1. The van der Waals surface area contributed by atoms with Gasteiger partial charge in [0.15, 0.2) is 5.79 Å². The Balaban J connectivity index is 1.32. The topological polar surface area (TPSA) is 41.8 Å². The molecule has 5 aliphatic carbocycles. The minimum Gasteiger partial charge on any atom is -0.364 e. The average Bonchev–Trinajstić information content (AvgIpc) is 3.28. The summed E-state index contributed by atoms with van der Waals surface area (Å²) in [6.45, 7) is 23.5. The molecule has 0 bridgehead atoms. The number of hydrogen-bond acceptors (Lipinski definition) is 3. The van der Waals surface area contributed by atoms with Crippen LogP contribution in [0, 0.1) is 41.4 Å². The molecule has 7 atom stereocenters. The summed E-state index contributed by atoms with van der Waals surface area (Å²) >= 11 is 0. The predicted octanol–water partition coefficient (Wildman–Crippen LogP) is 10.2. The van der Waals surface area contributed by atoms with Gasteiger partial charge in [0.2, 0.25) is 0 Å². The summed E-state index contributed by atoms with van der Waals surface area (Å²) in [6, 6.07) is 9.74. The number of hydrogen-bond donors (Lipinski definition) is 1. The van der Waals surface area contributed by atoms with Crippen LogP contribution in [0.2, 0.25) is 0 Å². The number of fused-ring (bicyclic) bond motifs is 12. The van der Waals surface area contributed by atoms with E-state index in [0.29, 0.717) is 23.2 Å². The van der Waals surface area contributed by atoms with Crippen LogP contribution in [0.3, 0.4) is 0 Å². The smallest absolute Gasteiger partial charge is 0.183 e. The first-order valence-electron chi connectivity index (χ1n) is 18.1. The fourth-order valence-electron chi connectivity index (χ4n) is 11.1. The van der Waals surface area contributed by atoms with Gasteiger partial charge in [-0.05, 0) is 137 Å². The normalized spacial score (nSPS) is 34.8. The van der Waals surface area contributed by atoms with Crippen LogP contribution in [0.25, 0.3) is 16.3 Å². The number of aliphatic imine (C=N–C) groups is 1. The van der Waals surface area contributed by atoms with E-state index in [2.05, 4.69) is 99.6 Å². The Labute approximate surface area is 277 Å².